The van der Waals surface area contributed by atoms with Crippen molar-refractivity contribution in [1.82, 2.24) is 20.4 Å². The van der Waals surface area contributed by atoms with E-state index in [1.165, 1.54) is 0 Å². The number of alkyl halides is 2. The molecule has 130 valence electrons. The highest BCUT2D eigenvalue weighted by atomic mass is 19.3. The minimum absolute atomic E-state index is 0.0949. The van der Waals surface area contributed by atoms with Gasteiger partial charge in [0.1, 0.15) is 5.69 Å². The summed E-state index contributed by atoms with van der Waals surface area (Å²) in [7, 11) is 0. The maximum atomic E-state index is 14.7. The van der Waals surface area contributed by atoms with Crippen molar-refractivity contribution in [2.75, 3.05) is 13.1 Å². The van der Waals surface area contributed by atoms with E-state index in [2.05, 4.69) is 20.4 Å². The highest BCUT2D eigenvalue weighted by molar-refractivity contribution is 5.84. The van der Waals surface area contributed by atoms with Gasteiger partial charge >= 0.3 is 5.92 Å². The standard InChI is InChI=1S/C18H18F2N4O/c1-11-10-15(22-14-5-3-2-4-13(11)14)16-23-17(25-24-16)18(19,20)12-6-8-21-9-7-12/h2-5,10,12,21H,6-9H2,1H3. The largest absolute Gasteiger partial charge is 0.332 e. The van der Waals surface area contributed by atoms with Crippen LogP contribution in [-0.4, -0.2) is 28.2 Å². The van der Waals surface area contributed by atoms with Crippen LogP contribution in [0.15, 0.2) is 34.9 Å². The van der Waals surface area contributed by atoms with Crippen molar-refractivity contribution in [3.8, 4) is 11.5 Å². The fraction of sp³-hybridized carbons (Fsp3) is 0.389. The van der Waals surface area contributed by atoms with Crippen LogP contribution >= 0.6 is 0 Å². The first-order valence-corrected chi connectivity index (χ1v) is 8.35. The summed E-state index contributed by atoms with van der Waals surface area (Å²) in [5.41, 5.74) is 2.19. The van der Waals surface area contributed by atoms with Crippen molar-refractivity contribution in [3.05, 3.63) is 41.8 Å². The van der Waals surface area contributed by atoms with Crippen molar-refractivity contribution in [3.63, 3.8) is 0 Å². The lowest BCUT2D eigenvalue weighted by Crippen LogP contribution is -2.36. The zero-order valence-corrected chi connectivity index (χ0v) is 13.8. The molecule has 0 spiro atoms. The Hall–Kier alpha value is -2.41. The molecule has 0 atom stereocenters. The average molecular weight is 344 g/mol. The molecule has 7 heteroatoms. The number of nitrogens with one attached hydrogen (secondary N) is 1. The van der Waals surface area contributed by atoms with Gasteiger partial charge in [-0.1, -0.05) is 23.4 Å². The topological polar surface area (TPSA) is 63.8 Å². The Balaban J connectivity index is 1.69. The second kappa shape index (κ2) is 6.15. The Kier molecular flexibility index (Phi) is 3.95. The number of fused-ring (bicyclic) bond motifs is 1. The summed E-state index contributed by atoms with van der Waals surface area (Å²) in [6.45, 7) is 3.09. The lowest BCUT2D eigenvalue weighted by atomic mass is 9.91. The fourth-order valence-corrected chi connectivity index (χ4v) is 3.29. The van der Waals surface area contributed by atoms with Gasteiger partial charge in [0.25, 0.3) is 5.89 Å². The molecule has 0 aliphatic carbocycles. The van der Waals surface area contributed by atoms with Gasteiger partial charge in [0.15, 0.2) is 0 Å². The number of aryl methyl sites for hydroxylation is 1. The maximum Gasteiger partial charge on any atom is 0.327 e. The normalized spacial score (nSPS) is 16.4. The molecule has 1 N–H and O–H groups in total. The molecule has 4 rings (SSSR count). The first kappa shape index (κ1) is 16.1. The van der Waals surface area contributed by atoms with Gasteiger partial charge in [0.2, 0.25) is 5.82 Å². The van der Waals surface area contributed by atoms with Gasteiger partial charge in [-0.25, -0.2) is 4.98 Å². The van der Waals surface area contributed by atoms with Crippen LogP contribution in [0, 0.1) is 12.8 Å². The van der Waals surface area contributed by atoms with Crippen molar-refractivity contribution < 1.29 is 13.3 Å². The first-order valence-electron chi connectivity index (χ1n) is 8.35. The molecule has 0 radical (unpaired) electrons. The fourth-order valence-electron chi connectivity index (χ4n) is 3.29. The lowest BCUT2D eigenvalue weighted by Gasteiger charge is -2.27. The molecule has 0 amide bonds. The van der Waals surface area contributed by atoms with Gasteiger partial charge in [0.05, 0.1) is 5.52 Å². The van der Waals surface area contributed by atoms with Crippen molar-refractivity contribution in [2.24, 2.45) is 5.92 Å². The molecule has 1 aromatic carbocycles. The van der Waals surface area contributed by atoms with E-state index >= 15 is 0 Å². The summed E-state index contributed by atoms with van der Waals surface area (Å²) in [5.74, 6) is -4.44. The molecule has 1 saturated heterocycles. The van der Waals surface area contributed by atoms with Crippen LogP contribution in [0.2, 0.25) is 0 Å². The van der Waals surface area contributed by atoms with Crippen LogP contribution in [0.4, 0.5) is 8.78 Å². The van der Waals surface area contributed by atoms with E-state index in [0.29, 0.717) is 31.6 Å². The second-order valence-corrected chi connectivity index (χ2v) is 6.41. The molecule has 0 saturated carbocycles. The van der Waals surface area contributed by atoms with Crippen LogP contribution in [-0.2, 0) is 5.92 Å². The van der Waals surface area contributed by atoms with Gasteiger partial charge in [-0.3, -0.25) is 0 Å². The van der Waals surface area contributed by atoms with E-state index in [-0.39, 0.29) is 5.82 Å². The molecule has 0 bridgehead atoms. The minimum atomic E-state index is -3.13. The van der Waals surface area contributed by atoms with Crippen molar-refractivity contribution in [1.29, 1.82) is 0 Å². The van der Waals surface area contributed by atoms with Gasteiger partial charge in [-0.05, 0) is 50.6 Å². The third-order valence-corrected chi connectivity index (χ3v) is 4.72. The number of benzene rings is 1. The Bertz CT molecular complexity index is 903. The second-order valence-electron chi connectivity index (χ2n) is 6.41. The predicted molar refractivity (Wildman–Crippen MR) is 89.3 cm³/mol. The Morgan fingerprint density at radius 1 is 1.16 bits per heavy atom. The summed E-state index contributed by atoms with van der Waals surface area (Å²) < 4.78 is 34.2. The number of nitrogens with zero attached hydrogens (tertiary/aromatic N) is 3. The number of halogens is 2. The van der Waals surface area contributed by atoms with Gasteiger partial charge < -0.3 is 9.84 Å². The first-order chi connectivity index (χ1) is 12.1. The third kappa shape index (κ3) is 2.89. The molecule has 1 aliphatic heterocycles. The molecule has 25 heavy (non-hydrogen) atoms. The zero-order chi connectivity index (χ0) is 17.4. The van der Waals surface area contributed by atoms with Crippen LogP contribution in [0.5, 0.6) is 0 Å². The third-order valence-electron chi connectivity index (χ3n) is 4.72. The molecule has 3 heterocycles. The Morgan fingerprint density at radius 2 is 1.92 bits per heavy atom. The monoisotopic (exact) mass is 344 g/mol. The van der Waals surface area contributed by atoms with E-state index in [0.717, 1.165) is 16.5 Å². The molecule has 5 nitrogen and oxygen atoms in total. The average Bonchev–Trinajstić information content (AvgIpc) is 3.13. The summed E-state index contributed by atoms with van der Waals surface area (Å²) in [4.78, 5) is 8.44. The predicted octanol–water partition coefficient (Wildman–Crippen LogP) is 3.68. The van der Waals surface area contributed by atoms with Crippen molar-refractivity contribution >= 4 is 10.9 Å². The van der Waals surface area contributed by atoms with E-state index in [4.69, 9.17) is 4.52 Å². The number of pyridine rings is 1. The number of hydrogen-bond donors (Lipinski definition) is 1. The Morgan fingerprint density at radius 3 is 2.72 bits per heavy atom. The van der Waals surface area contributed by atoms with Crippen LogP contribution < -0.4 is 5.32 Å². The lowest BCUT2D eigenvalue weighted by molar-refractivity contribution is -0.0993. The van der Waals surface area contributed by atoms with Crippen LogP contribution in [0.3, 0.4) is 0 Å². The molecule has 1 fully saturated rings. The van der Waals surface area contributed by atoms with Crippen LogP contribution in [0.1, 0.15) is 24.3 Å². The number of hydrogen-bond acceptors (Lipinski definition) is 5. The highest BCUT2D eigenvalue weighted by Crippen LogP contribution is 2.40. The molecular weight excluding hydrogens is 326 g/mol. The van der Waals surface area contributed by atoms with E-state index in [1.54, 1.807) is 6.07 Å². The number of piperidine rings is 1. The summed E-state index contributed by atoms with van der Waals surface area (Å²) in [5, 5.41) is 7.84. The number of aromatic nitrogens is 3. The number of para-hydroxylation sites is 1. The molecule has 0 unspecified atom stereocenters. The molecule has 2 aromatic heterocycles. The summed E-state index contributed by atoms with van der Waals surface area (Å²) >= 11 is 0. The van der Waals surface area contributed by atoms with Gasteiger partial charge in [-0.15, -0.1) is 0 Å². The SMILES string of the molecule is Cc1cc(-c2noc(C(F)(F)C3CCNCC3)n2)nc2ccccc12. The smallest absolute Gasteiger partial charge is 0.327 e. The molecule has 3 aromatic rings. The zero-order valence-electron chi connectivity index (χ0n) is 13.8. The quantitative estimate of drug-likeness (QED) is 0.785. The molecular formula is C18H18F2N4O. The van der Waals surface area contributed by atoms with Gasteiger partial charge in [-0.2, -0.15) is 13.8 Å². The van der Waals surface area contributed by atoms with E-state index < -0.39 is 17.7 Å². The van der Waals surface area contributed by atoms with Crippen molar-refractivity contribution in [2.45, 2.75) is 25.7 Å². The summed E-state index contributed by atoms with van der Waals surface area (Å²) in [6.07, 6.45) is 0.774. The van der Waals surface area contributed by atoms with E-state index in [9.17, 15) is 8.78 Å². The van der Waals surface area contributed by atoms with Gasteiger partial charge in [0, 0.05) is 11.3 Å². The highest BCUT2D eigenvalue weighted by Gasteiger charge is 2.46. The van der Waals surface area contributed by atoms with E-state index in [1.807, 2.05) is 31.2 Å². The minimum Gasteiger partial charge on any atom is -0.332 e. The number of rotatable bonds is 3. The molecule has 1 aliphatic rings. The summed E-state index contributed by atoms with van der Waals surface area (Å²) in [6, 6.07) is 9.44. The Labute approximate surface area is 143 Å². The van der Waals surface area contributed by atoms with Crippen LogP contribution in [0.25, 0.3) is 22.4 Å². The maximum absolute atomic E-state index is 14.7.